The van der Waals surface area contributed by atoms with Gasteiger partial charge in [-0.3, -0.25) is 9.36 Å². The fraction of sp³-hybridized carbons (Fsp3) is 0.316. The molecular formula is C19H20N4O3. The van der Waals surface area contributed by atoms with Crippen molar-refractivity contribution in [2.75, 3.05) is 20.2 Å². The van der Waals surface area contributed by atoms with Crippen LogP contribution in [0.15, 0.2) is 47.4 Å². The number of amides is 1. The normalized spacial score (nSPS) is 15.3. The molecule has 1 amide bonds. The molecule has 1 fully saturated rings. The first-order valence-electron chi connectivity index (χ1n) is 8.66. The van der Waals surface area contributed by atoms with Crippen molar-refractivity contribution in [2.24, 2.45) is 0 Å². The van der Waals surface area contributed by atoms with Crippen molar-refractivity contribution in [2.45, 2.75) is 18.9 Å². The Kier molecular flexibility index (Phi) is 4.20. The molecule has 0 atom stereocenters. The van der Waals surface area contributed by atoms with Crippen LogP contribution in [0.3, 0.4) is 0 Å². The molecule has 0 unspecified atom stereocenters. The zero-order chi connectivity index (χ0) is 18.1. The molecule has 3 aromatic rings. The van der Waals surface area contributed by atoms with E-state index in [1.54, 1.807) is 19.2 Å². The Hall–Kier alpha value is -3.09. The molecule has 1 aromatic carbocycles. The van der Waals surface area contributed by atoms with E-state index in [0.29, 0.717) is 24.5 Å². The zero-order valence-corrected chi connectivity index (χ0v) is 14.5. The van der Waals surface area contributed by atoms with Gasteiger partial charge in [-0.25, -0.2) is 9.78 Å². The third-order valence-corrected chi connectivity index (χ3v) is 4.93. The molecule has 4 rings (SSSR count). The maximum Gasteiger partial charge on any atom is 0.326 e. The number of ether oxygens (including phenoxy) is 1. The molecule has 1 saturated heterocycles. The number of methoxy groups -OCH3 is 1. The lowest BCUT2D eigenvalue weighted by molar-refractivity contribution is 0.0694. The lowest BCUT2D eigenvalue weighted by atomic mass is 10.0. The molecule has 0 aliphatic carbocycles. The number of aromatic nitrogens is 3. The van der Waals surface area contributed by atoms with E-state index in [-0.39, 0.29) is 17.6 Å². The van der Waals surface area contributed by atoms with E-state index in [2.05, 4.69) is 9.97 Å². The third kappa shape index (κ3) is 2.85. The number of para-hydroxylation sites is 2. The van der Waals surface area contributed by atoms with Gasteiger partial charge in [-0.1, -0.05) is 12.1 Å². The summed E-state index contributed by atoms with van der Waals surface area (Å²) in [5, 5.41) is 0. The van der Waals surface area contributed by atoms with Crippen molar-refractivity contribution < 1.29 is 9.53 Å². The van der Waals surface area contributed by atoms with Gasteiger partial charge in [0, 0.05) is 31.4 Å². The molecule has 3 heterocycles. The minimum Gasteiger partial charge on any atom is -0.481 e. The number of rotatable bonds is 3. The van der Waals surface area contributed by atoms with E-state index in [0.717, 1.165) is 23.9 Å². The summed E-state index contributed by atoms with van der Waals surface area (Å²) in [6.45, 7) is 1.23. The molecule has 0 spiro atoms. The maximum atomic E-state index is 12.6. The Morgan fingerprint density at radius 1 is 1.19 bits per heavy atom. The van der Waals surface area contributed by atoms with Crippen LogP contribution >= 0.6 is 0 Å². The van der Waals surface area contributed by atoms with Crippen molar-refractivity contribution in [1.82, 2.24) is 19.4 Å². The number of H-pyrrole nitrogens is 1. The third-order valence-electron chi connectivity index (χ3n) is 4.93. The highest BCUT2D eigenvalue weighted by atomic mass is 16.5. The van der Waals surface area contributed by atoms with Crippen LogP contribution in [0.25, 0.3) is 11.0 Å². The molecule has 2 aromatic heterocycles. The fourth-order valence-corrected chi connectivity index (χ4v) is 3.57. The minimum absolute atomic E-state index is 0.0372. The summed E-state index contributed by atoms with van der Waals surface area (Å²) in [6.07, 6.45) is 3.03. The number of carbonyl (C=O) groups excluding carboxylic acids is 1. The first-order valence-corrected chi connectivity index (χ1v) is 8.66. The second-order valence-corrected chi connectivity index (χ2v) is 6.43. The van der Waals surface area contributed by atoms with Gasteiger partial charge in [0.2, 0.25) is 5.88 Å². The minimum atomic E-state index is -0.0877. The largest absolute Gasteiger partial charge is 0.481 e. The number of benzene rings is 1. The number of hydrogen-bond donors (Lipinski definition) is 1. The van der Waals surface area contributed by atoms with Gasteiger partial charge in [0.1, 0.15) is 0 Å². The highest BCUT2D eigenvalue weighted by molar-refractivity contribution is 5.94. The smallest absolute Gasteiger partial charge is 0.326 e. The molecule has 0 radical (unpaired) electrons. The molecule has 7 nitrogen and oxygen atoms in total. The van der Waals surface area contributed by atoms with E-state index in [4.69, 9.17) is 4.74 Å². The number of nitrogens with one attached hydrogen (secondary N) is 1. The quantitative estimate of drug-likeness (QED) is 0.784. The summed E-state index contributed by atoms with van der Waals surface area (Å²) < 4.78 is 6.85. The van der Waals surface area contributed by atoms with Crippen LogP contribution in [0.2, 0.25) is 0 Å². The number of imidazole rings is 1. The SMILES string of the molecule is COc1ccc(C(=O)N2CCC(n3c(=O)[nH]c4ccccc43)CC2)cn1. The van der Waals surface area contributed by atoms with Crippen LogP contribution in [0.4, 0.5) is 0 Å². The van der Waals surface area contributed by atoms with Crippen molar-refractivity contribution in [1.29, 1.82) is 0 Å². The molecule has 26 heavy (non-hydrogen) atoms. The first kappa shape index (κ1) is 16.4. The van der Waals surface area contributed by atoms with Crippen molar-refractivity contribution in [3.63, 3.8) is 0 Å². The van der Waals surface area contributed by atoms with Gasteiger partial charge in [0.15, 0.2) is 0 Å². The van der Waals surface area contributed by atoms with Crippen LogP contribution in [-0.2, 0) is 0 Å². The number of hydrogen-bond acceptors (Lipinski definition) is 4. The summed E-state index contributed by atoms with van der Waals surface area (Å²) >= 11 is 0. The fourth-order valence-electron chi connectivity index (χ4n) is 3.57. The average Bonchev–Trinajstić information content (AvgIpc) is 3.03. The van der Waals surface area contributed by atoms with Crippen LogP contribution < -0.4 is 10.4 Å². The van der Waals surface area contributed by atoms with Gasteiger partial charge in [-0.05, 0) is 31.0 Å². The Bertz CT molecular complexity index is 982. The number of aromatic amines is 1. The highest BCUT2D eigenvalue weighted by Gasteiger charge is 2.26. The lowest BCUT2D eigenvalue weighted by Gasteiger charge is -2.32. The predicted octanol–water partition coefficient (Wildman–Crippen LogP) is 2.21. The van der Waals surface area contributed by atoms with E-state index in [9.17, 15) is 9.59 Å². The highest BCUT2D eigenvalue weighted by Crippen LogP contribution is 2.25. The predicted molar refractivity (Wildman–Crippen MR) is 97.5 cm³/mol. The van der Waals surface area contributed by atoms with E-state index >= 15 is 0 Å². The topological polar surface area (TPSA) is 80.2 Å². The summed E-state index contributed by atoms with van der Waals surface area (Å²) in [5.41, 5.74) is 2.23. The number of piperidine rings is 1. The van der Waals surface area contributed by atoms with E-state index in [1.165, 1.54) is 6.20 Å². The second kappa shape index (κ2) is 6.67. The molecule has 1 N–H and O–H groups in total. The summed E-state index contributed by atoms with van der Waals surface area (Å²) in [5.74, 6) is 0.448. The number of fused-ring (bicyclic) bond motifs is 1. The Morgan fingerprint density at radius 2 is 1.96 bits per heavy atom. The number of carbonyl (C=O) groups is 1. The number of likely N-dealkylation sites (tertiary alicyclic amines) is 1. The Labute approximate surface area is 150 Å². The molecular weight excluding hydrogens is 332 g/mol. The standard InChI is InChI=1S/C19H20N4O3/c1-26-17-7-6-13(12-20-17)18(24)22-10-8-14(9-11-22)23-16-5-3-2-4-15(16)21-19(23)25/h2-7,12,14H,8-11H2,1H3,(H,21,25). The zero-order valence-electron chi connectivity index (χ0n) is 14.5. The first-order chi connectivity index (χ1) is 12.7. The van der Waals surface area contributed by atoms with Gasteiger partial charge in [-0.15, -0.1) is 0 Å². The number of nitrogens with zero attached hydrogens (tertiary/aromatic N) is 3. The van der Waals surface area contributed by atoms with E-state index < -0.39 is 0 Å². The maximum absolute atomic E-state index is 12.6. The second-order valence-electron chi connectivity index (χ2n) is 6.43. The van der Waals surface area contributed by atoms with Crippen LogP contribution in [0.5, 0.6) is 5.88 Å². The van der Waals surface area contributed by atoms with Crippen LogP contribution in [-0.4, -0.2) is 45.5 Å². The molecule has 134 valence electrons. The van der Waals surface area contributed by atoms with Gasteiger partial charge in [0.25, 0.3) is 5.91 Å². The van der Waals surface area contributed by atoms with Gasteiger partial charge >= 0.3 is 5.69 Å². The Morgan fingerprint density at radius 3 is 2.65 bits per heavy atom. The lowest BCUT2D eigenvalue weighted by Crippen LogP contribution is -2.40. The molecule has 1 aliphatic rings. The summed E-state index contributed by atoms with van der Waals surface area (Å²) in [4.78, 5) is 33.8. The average molecular weight is 352 g/mol. The number of pyridine rings is 1. The van der Waals surface area contributed by atoms with Crippen molar-refractivity contribution in [3.8, 4) is 5.88 Å². The monoisotopic (exact) mass is 352 g/mol. The van der Waals surface area contributed by atoms with Crippen molar-refractivity contribution in [3.05, 3.63) is 58.6 Å². The van der Waals surface area contributed by atoms with E-state index in [1.807, 2.05) is 33.7 Å². The van der Waals surface area contributed by atoms with Crippen molar-refractivity contribution >= 4 is 16.9 Å². The van der Waals surface area contributed by atoms with Gasteiger partial charge in [-0.2, -0.15) is 0 Å². The van der Waals surface area contributed by atoms with Gasteiger partial charge < -0.3 is 14.6 Å². The summed E-state index contributed by atoms with van der Waals surface area (Å²) in [7, 11) is 1.54. The summed E-state index contributed by atoms with van der Waals surface area (Å²) in [6, 6.07) is 11.2. The molecule has 0 bridgehead atoms. The van der Waals surface area contributed by atoms with Crippen LogP contribution in [0, 0.1) is 0 Å². The molecule has 7 heteroatoms. The van der Waals surface area contributed by atoms with Gasteiger partial charge in [0.05, 0.1) is 23.7 Å². The Balaban J connectivity index is 1.49. The molecule has 0 saturated carbocycles. The molecule has 1 aliphatic heterocycles. The van der Waals surface area contributed by atoms with Crippen LogP contribution in [0.1, 0.15) is 29.2 Å².